The number of nitrogen functional groups attached to an aromatic ring is 1. The van der Waals surface area contributed by atoms with Gasteiger partial charge in [0.1, 0.15) is 5.75 Å². The average molecular weight is 266 g/mol. The Morgan fingerprint density at radius 1 is 1.13 bits per heavy atom. The summed E-state index contributed by atoms with van der Waals surface area (Å²) in [5.74, 6) is 0.605. The monoisotopic (exact) mass is 265 g/mol. The molecule has 1 aromatic carbocycles. The summed E-state index contributed by atoms with van der Waals surface area (Å²) in [6.07, 6.45) is 3.23. The summed E-state index contributed by atoms with van der Waals surface area (Å²) in [4.78, 5) is 7.89. The first-order valence-electron chi connectivity index (χ1n) is 4.25. The molecular formula is C10H8BrN3O. The van der Waals surface area contributed by atoms with Gasteiger partial charge in [-0.25, -0.2) is 9.97 Å². The number of aromatic nitrogens is 2. The molecule has 0 amide bonds. The van der Waals surface area contributed by atoms with Gasteiger partial charge in [0, 0.05) is 28.6 Å². The van der Waals surface area contributed by atoms with Gasteiger partial charge in [-0.2, -0.15) is 0 Å². The summed E-state index contributed by atoms with van der Waals surface area (Å²) < 4.78 is 6.26. The third kappa shape index (κ3) is 2.66. The first-order valence-corrected chi connectivity index (χ1v) is 5.04. The molecule has 1 aromatic heterocycles. The molecule has 0 saturated carbocycles. The Balaban J connectivity index is 2.25. The third-order valence-electron chi connectivity index (χ3n) is 1.64. The lowest BCUT2D eigenvalue weighted by Crippen LogP contribution is -1.92. The quantitative estimate of drug-likeness (QED) is 0.849. The number of anilines is 1. The maximum absolute atomic E-state index is 5.66. The molecule has 0 unspecified atom stereocenters. The molecule has 4 nitrogen and oxygen atoms in total. The number of ether oxygens (including phenoxy) is 1. The molecule has 1 heterocycles. The minimum atomic E-state index is 0.301. The zero-order valence-electron chi connectivity index (χ0n) is 7.72. The van der Waals surface area contributed by atoms with E-state index >= 15 is 0 Å². The molecule has 0 bridgehead atoms. The van der Waals surface area contributed by atoms with Crippen molar-refractivity contribution in [3.63, 3.8) is 0 Å². The van der Waals surface area contributed by atoms with E-state index < -0.39 is 0 Å². The molecule has 0 aliphatic rings. The molecule has 76 valence electrons. The molecule has 0 aliphatic carbocycles. The maximum atomic E-state index is 5.66. The molecule has 0 saturated heterocycles. The summed E-state index contributed by atoms with van der Waals surface area (Å²) in [5, 5.41) is 0. The fourth-order valence-corrected chi connectivity index (χ4v) is 1.58. The summed E-state index contributed by atoms with van der Waals surface area (Å²) in [7, 11) is 0. The Bertz CT molecular complexity index is 441. The first-order chi connectivity index (χ1) is 7.24. The van der Waals surface area contributed by atoms with E-state index in [-0.39, 0.29) is 0 Å². The van der Waals surface area contributed by atoms with Crippen LogP contribution in [-0.4, -0.2) is 9.97 Å². The summed E-state index contributed by atoms with van der Waals surface area (Å²) in [6.45, 7) is 0. The van der Waals surface area contributed by atoms with Gasteiger partial charge in [0.2, 0.25) is 0 Å². The third-order valence-corrected chi connectivity index (χ3v) is 2.10. The van der Waals surface area contributed by atoms with Crippen LogP contribution >= 0.6 is 15.9 Å². The zero-order valence-corrected chi connectivity index (χ0v) is 9.31. The molecule has 0 spiro atoms. The standard InChI is InChI=1S/C10H8BrN3O/c11-7-4-8(12)6-9(5-7)15-10-13-2-1-3-14-10/h1-6H,12H2. The zero-order chi connectivity index (χ0) is 10.7. The van der Waals surface area contributed by atoms with Gasteiger partial charge in [0.05, 0.1) is 0 Å². The fraction of sp³-hybridized carbons (Fsp3) is 0. The number of hydrogen-bond donors (Lipinski definition) is 1. The lowest BCUT2D eigenvalue weighted by atomic mass is 10.3. The van der Waals surface area contributed by atoms with E-state index in [1.807, 2.05) is 0 Å². The highest BCUT2D eigenvalue weighted by Gasteiger charge is 2.01. The van der Waals surface area contributed by atoms with Gasteiger partial charge in [0.15, 0.2) is 0 Å². The van der Waals surface area contributed by atoms with Crippen molar-refractivity contribution < 1.29 is 4.74 Å². The average Bonchev–Trinajstić information content (AvgIpc) is 2.17. The van der Waals surface area contributed by atoms with Gasteiger partial charge in [0.25, 0.3) is 0 Å². The van der Waals surface area contributed by atoms with Crippen molar-refractivity contribution >= 4 is 21.6 Å². The number of halogens is 1. The summed E-state index contributed by atoms with van der Waals surface area (Å²) in [5.41, 5.74) is 6.28. The van der Waals surface area contributed by atoms with Crippen LogP contribution in [0, 0.1) is 0 Å². The second-order valence-corrected chi connectivity index (χ2v) is 3.77. The number of nitrogens with two attached hydrogens (primary N) is 1. The van der Waals surface area contributed by atoms with Crippen molar-refractivity contribution in [1.29, 1.82) is 0 Å². The molecule has 0 aliphatic heterocycles. The minimum absolute atomic E-state index is 0.301. The van der Waals surface area contributed by atoms with Crippen LogP contribution in [0.1, 0.15) is 0 Å². The molecule has 2 aromatic rings. The van der Waals surface area contributed by atoms with Crippen molar-refractivity contribution in [3.05, 3.63) is 41.1 Å². The molecule has 2 rings (SSSR count). The lowest BCUT2D eigenvalue weighted by Gasteiger charge is -2.04. The van der Waals surface area contributed by atoms with E-state index in [1.54, 1.807) is 36.7 Å². The van der Waals surface area contributed by atoms with Crippen LogP contribution < -0.4 is 10.5 Å². The molecular weight excluding hydrogens is 258 g/mol. The highest BCUT2D eigenvalue weighted by Crippen LogP contribution is 2.25. The maximum Gasteiger partial charge on any atom is 0.321 e. The van der Waals surface area contributed by atoms with Crippen LogP contribution in [0.25, 0.3) is 0 Å². The number of benzene rings is 1. The van der Waals surface area contributed by atoms with Crippen molar-refractivity contribution in [1.82, 2.24) is 9.97 Å². The highest BCUT2D eigenvalue weighted by molar-refractivity contribution is 9.10. The van der Waals surface area contributed by atoms with E-state index in [2.05, 4.69) is 25.9 Å². The van der Waals surface area contributed by atoms with Crippen LogP contribution in [0.5, 0.6) is 11.8 Å². The van der Waals surface area contributed by atoms with Crippen LogP contribution in [0.15, 0.2) is 41.1 Å². The fourth-order valence-electron chi connectivity index (χ4n) is 1.09. The van der Waals surface area contributed by atoms with E-state index in [1.165, 1.54) is 0 Å². The summed E-state index contributed by atoms with van der Waals surface area (Å²) in [6, 6.07) is 7.32. The molecule has 15 heavy (non-hydrogen) atoms. The molecule has 0 fully saturated rings. The van der Waals surface area contributed by atoms with Crippen molar-refractivity contribution in [2.75, 3.05) is 5.73 Å². The molecule has 0 atom stereocenters. The van der Waals surface area contributed by atoms with E-state index in [4.69, 9.17) is 10.5 Å². The highest BCUT2D eigenvalue weighted by atomic mass is 79.9. The van der Waals surface area contributed by atoms with Crippen molar-refractivity contribution in [2.24, 2.45) is 0 Å². The van der Waals surface area contributed by atoms with Crippen LogP contribution in [0.4, 0.5) is 5.69 Å². The lowest BCUT2D eigenvalue weighted by molar-refractivity contribution is 0.442. The topological polar surface area (TPSA) is 61.0 Å². The molecule has 5 heteroatoms. The van der Waals surface area contributed by atoms with E-state index in [9.17, 15) is 0 Å². The van der Waals surface area contributed by atoms with Gasteiger partial charge in [-0.05, 0) is 18.2 Å². The number of hydrogen-bond acceptors (Lipinski definition) is 4. The van der Waals surface area contributed by atoms with Gasteiger partial charge < -0.3 is 10.5 Å². The Morgan fingerprint density at radius 3 is 2.53 bits per heavy atom. The van der Waals surface area contributed by atoms with Crippen molar-refractivity contribution in [2.45, 2.75) is 0 Å². The van der Waals surface area contributed by atoms with E-state index in [0.717, 1.165) is 4.47 Å². The van der Waals surface area contributed by atoms with Gasteiger partial charge in [-0.3, -0.25) is 0 Å². The Labute approximate surface area is 95.2 Å². The second-order valence-electron chi connectivity index (χ2n) is 2.85. The van der Waals surface area contributed by atoms with Gasteiger partial charge >= 0.3 is 6.01 Å². The summed E-state index contributed by atoms with van der Waals surface area (Å²) >= 11 is 3.33. The Morgan fingerprint density at radius 2 is 1.87 bits per heavy atom. The largest absolute Gasteiger partial charge is 0.424 e. The number of rotatable bonds is 2. The van der Waals surface area contributed by atoms with Gasteiger partial charge in [-0.15, -0.1) is 0 Å². The normalized spacial score (nSPS) is 9.93. The van der Waals surface area contributed by atoms with Crippen LogP contribution in [-0.2, 0) is 0 Å². The van der Waals surface area contributed by atoms with Crippen LogP contribution in [0.3, 0.4) is 0 Å². The molecule has 2 N–H and O–H groups in total. The second kappa shape index (κ2) is 4.27. The first kappa shape index (κ1) is 9.92. The SMILES string of the molecule is Nc1cc(Br)cc(Oc2ncccn2)c1. The number of nitrogens with zero attached hydrogens (tertiary/aromatic N) is 2. The minimum Gasteiger partial charge on any atom is -0.424 e. The predicted molar refractivity (Wildman–Crippen MR) is 60.7 cm³/mol. The smallest absolute Gasteiger partial charge is 0.321 e. The molecule has 0 radical (unpaired) electrons. The Hall–Kier alpha value is -1.62. The van der Waals surface area contributed by atoms with Gasteiger partial charge in [-0.1, -0.05) is 15.9 Å². The van der Waals surface area contributed by atoms with Crippen LogP contribution in [0.2, 0.25) is 0 Å². The van der Waals surface area contributed by atoms with E-state index in [0.29, 0.717) is 17.4 Å². The van der Waals surface area contributed by atoms with Crippen molar-refractivity contribution in [3.8, 4) is 11.8 Å². The predicted octanol–water partition coefficient (Wildman–Crippen LogP) is 2.61. The Kier molecular flexibility index (Phi) is 2.82.